The van der Waals surface area contributed by atoms with Crippen LogP contribution in [0.2, 0.25) is 0 Å². The van der Waals surface area contributed by atoms with E-state index in [0.29, 0.717) is 17.4 Å². The van der Waals surface area contributed by atoms with Crippen LogP contribution >= 0.6 is 0 Å². The van der Waals surface area contributed by atoms with Crippen molar-refractivity contribution in [3.8, 4) is 11.5 Å². The molecular weight excluding hydrogens is 314 g/mol. The fraction of sp³-hybridized carbons (Fsp3) is 0.286. The molecular formula is C21H25NO3. The van der Waals surface area contributed by atoms with Gasteiger partial charge in [-0.3, -0.25) is 4.79 Å². The number of methoxy groups -OCH3 is 2. The predicted octanol–water partition coefficient (Wildman–Crippen LogP) is 4.79. The largest absolute Gasteiger partial charge is 0.493 e. The molecule has 0 fully saturated rings. The lowest BCUT2D eigenvalue weighted by Crippen LogP contribution is -2.11. The number of para-hydroxylation sites is 1. The van der Waals surface area contributed by atoms with Gasteiger partial charge in [-0.05, 0) is 47.7 Å². The minimum absolute atomic E-state index is 0.161. The second-order valence-electron chi connectivity index (χ2n) is 6.13. The van der Waals surface area contributed by atoms with Crippen molar-refractivity contribution in [2.75, 3.05) is 19.5 Å². The summed E-state index contributed by atoms with van der Waals surface area (Å²) >= 11 is 0. The molecule has 0 saturated heterocycles. The van der Waals surface area contributed by atoms with Crippen molar-refractivity contribution in [1.29, 1.82) is 0 Å². The molecule has 0 spiro atoms. The zero-order chi connectivity index (χ0) is 18.4. The number of rotatable bonds is 6. The first-order valence-corrected chi connectivity index (χ1v) is 8.26. The molecule has 0 bridgehead atoms. The van der Waals surface area contributed by atoms with Crippen LogP contribution in [0.1, 0.15) is 36.5 Å². The maximum absolute atomic E-state index is 12.3. The Morgan fingerprint density at radius 3 is 2.44 bits per heavy atom. The van der Waals surface area contributed by atoms with Crippen LogP contribution in [0.4, 0.5) is 5.69 Å². The van der Waals surface area contributed by atoms with Gasteiger partial charge in [0.05, 0.1) is 14.2 Å². The van der Waals surface area contributed by atoms with E-state index >= 15 is 0 Å². The molecule has 1 N–H and O–H groups in total. The Morgan fingerprint density at radius 1 is 1.08 bits per heavy atom. The second-order valence-corrected chi connectivity index (χ2v) is 6.13. The number of carbonyl (C=O) groups excluding carboxylic acids is 1. The first-order valence-electron chi connectivity index (χ1n) is 8.26. The Balaban J connectivity index is 2.17. The Hall–Kier alpha value is -2.75. The van der Waals surface area contributed by atoms with E-state index < -0.39 is 0 Å². The van der Waals surface area contributed by atoms with Gasteiger partial charge in [-0.2, -0.15) is 0 Å². The summed E-state index contributed by atoms with van der Waals surface area (Å²) in [5.41, 5.74) is 3.94. The van der Waals surface area contributed by atoms with Gasteiger partial charge < -0.3 is 14.8 Å². The first-order chi connectivity index (χ1) is 12.0. The fourth-order valence-corrected chi connectivity index (χ4v) is 2.64. The molecule has 0 radical (unpaired) electrons. The lowest BCUT2D eigenvalue weighted by Gasteiger charge is -2.15. The van der Waals surface area contributed by atoms with Gasteiger partial charge >= 0.3 is 0 Å². The molecule has 4 nitrogen and oxygen atoms in total. The third-order valence-electron chi connectivity index (χ3n) is 4.01. The van der Waals surface area contributed by atoms with Crippen LogP contribution < -0.4 is 14.8 Å². The summed E-state index contributed by atoms with van der Waals surface area (Å²) < 4.78 is 10.5. The van der Waals surface area contributed by atoms with Crippen molar-refractivity contribution >= 4 is 17.7 Å². The summed E-state index contributed by atoms with van der Waals surface area (Å²) in [5.74, 6) is 1.47. The normalized spacial score (nSPS) is 11.0. The molecule has 2 aromatic rings. The van der Waals surface area contributed by atoms with Gasteiger partial charge in [-0.1, -0.05) is 38.1 Å². The Morgan fingerprint density at radius 2 is 1.80 bits per heavy atom. The number of aryl methyl sites for hydroxylation is 1. The third kappa shape index (κ3) is 4.63. The van der Waals surface area contributed by atoms with Gasteiger partial charge in [0.2, 0.25) is 5.91 Å². The van der Waals surface area contributed by atoms with E-state index in [0.717, 1.165) is 22.4 Å². The number of ether oxygens (including phenoxy) is 2. The summed E-state index contributed by atoms with van der Waals surface area (Å²) in [7, 11) is 3.18. The van der Waals surface area contributed by atoms with E-state index in [1.807, 2.05) is 43.3 Å². The number of carbonyl (C=O) groups is 1. The van der Waals surface area contributed by atoms with Gasteiger partial charge in [0.25, 0.3) is 0 Å². The summed E-state index contributed by atoms with van der Waals surface area (Å²) in [6.45, 7) is 6.23. The van der Waals surface area contributed by atoms with Gasteiger partial charge in [0.1, 0.15) is 0 Å². The monoisotopic (exact) mass is 339 g/mol. The van der Waals surface area contributed by atoms with E-state index in [2.05, 4.69) is 19.2 Å². The minimum Gasteiger partial charge on any atom is -0.493 e. The third-order valence-corrected chi connectivity index (χ3v) is 4.01. The Kier molecular flexibility index (Phi) is 6.23. The van der Waals surface area contributed by atoms with Gasteiger partial charge in [-0.25, -0.2) is 0 Å². The number of hydrogen-bond donors (Lipinski definition) is 1. The molecule has 4 heteroatoms. The first kappa shape index (κ1) is 18.6. The van der Waals surface area contributed by atoms with Crippen molar-refractivity contribution in [3.63, 3.8) is 0 Å². The lowest BCUT2D eigenvalue weighted by molar-refractivity contribution is -0.111. The van der Waals surface area contributed by atoms with Gasteiger partial charge in [0.15, 0.2) is 11.5 Å². The highest BCUT2D eigenvalue weighted by Gasteiger charge is 2.10. The molecule has 2 rings (SSSR count). The number of anilines is 1. The molecule has 2 aromatic carbocycles. The quantitative estimate of drug-likeness (QED) is 0.770. The van der Waals surface area contributed by atoms with Crippen LogP contribution in [0.15, 0.2) is 42.5 Å². The average molecular weight is 339 g/mol. The molecule has 0 aliphatic carbocycles. The molecule has 0 unspecified atom stereocenters. The maximum atomic E-state index is 12.3. The number of hydrogen-bond acceptors (Lipinski definition) is 3. The van der Waals surface area contributed by atoms with Crippen LogP contribution in [0.25, 0.3) is 6.08 Å². The van der Waals surface area contributed by atoms with Crippen LogP contribution in [-0.2, 0) is 4.79 Å². The standard InChI is InChI=1S/C21H25NO3/c1-14(2)17-8-6-7-15(3)21(17)22-20(23)12-10-16-9-11-18(24-4)19(13-16)25-5/h6-14H,1-5H3,(H,22,23). The fourth-order valence-electron chi connectivity index (χ4n) is 2.64. The van der Waals surface area contributed by atoms with Crippen LogP contribution in [0.3, 0.4) is 0 Å². The van der Waals surface area contributed by atoms with Crippen LogP contribution in [0.5, 0.6) is 11.5 Å². The molecule has 0 aliphatic rings. The van der Waals surface area contributed by atoms with Crippen LogP contribution in [-0.4, -0.2) is 20.1 Å². The molecule has 0 atom stereocenters. The number of amides is 1. The average Bonchev–Trinajstić information content (AvgIpc) is 2.61. The molecule has 1 amide bonds. The summed E-state index contributed by atoms with van der Waals surface area (Å²) in [6.07, 6.45) is 3.28. The topological polar surface area (TPSA) is 47.6 Å². The van der Waals surface area contributed by atoms with E-state index in [1.165, 1.54) is 6.08 Å². The van der Waals surface area contributed by atoms with E-state index in [9.17, 15) is 4.79 Å². The second kappa shape index (κ2) is 8.38. The molecule has 132 valence electrons. The summed E-state index contributed by atoms with van der Waals surface area (Å²) in [4.78, 5) is 12.3. The summed E-state index contributed by atoms with van der Waals surface area (Å²) in [6, 6.07) is 11.6. The van der Waals surface area contributed by atoms with Gasteiger partial charge in [0, 0.05) is 11.8 Å². The van der Waals surface area contributed by atoms with Crippen molar-refractivity contribution in [2.24, 2.45) is 0 Å². The minimum atomic E-state index is -0.161. The zero-order valence-corrected chi connectivity index (χ0v) is 15.4. The Labute approximate surface area is 149 Å². The van der Waals surface area contributed by atoms with Crippen molar-refractivity contribution in [3.05, 3.63) is 59.2 Å². The molecule has 25 heavy (non-hydrogen) atoms. The predicted molar refractivity (Wildman–Crippen MR) is 102 cm³/mol. The highest BCUT2D eigenvalue weighted by molar-refractivity contribution is 6.02. The van der Waals surface area contributed by atoms with Crippen molar-refractivity contribution in [2.45, 2.75) is 26.7 Å². The highest BCUT2D eigenvalue weighted by Crippen LogP contribution is 2.29. The number of nitrogens with one attached hydrogen (secondary N) is 1. The molecule has 0 heterocycles. The Bertz CT molecular complexity index is 779. The van der Waals surface area contributed by atoms with E-state index in [1.54, 1.807) is 20.3 Å². The van der Waals surface area contributed by atoms with E-state index in [4.69, 9.17) is 9.47 Å². The van der Waals surface area contributed by atoms with E-state index in [-0.39, 0.29) is 5.91 Å². The summed E-state index contributed by atoms with van der Waals surface area (Å²) in [5, 5.41) is 3.00. The van der Waals surface area contributed by atoms with Crippen LogP contribution in [0, 0.1) is 6.92 Å². The molecule has 0 aliphatic heterocycles. The zero-order valence-electron chi connectivity index (χ0n) is 15.4. The van der Waals surface area contributed by atoms with Crippen molar-refractivity contribution < 1.29 is 14.3 Å². The maximum Gasteiger partial charge on any atom is 0.248 e. The molecule has 0 saturated carbocycles. The highest BCUT2D eigenvalue weighted by atomic mass is 16.5. The SMILES string of the molecule is COc1ccc(C=CC(=O)Nc2c(C)cccc2C(C)C)cc1OC. The van der Waals surface area contributed by atoms with Gasteiger partial charge in [-0.15, -0.1) is 0 Å². The van der Waals surface area contributed by atoms with Crippen molar-refractivity contribution in [1.82, 2.24) is 0 Å². The lowest BCUT2D eigenvalue weighted by atomic mass is 9.98. The number of benzene rings is 2. The smallest absolute Gasteiger partial charge is 0.248 e. The molecule has 0 aromatic heterocycles.